The Hall–Kier alpha value is -2.80. The summed E-state index contributed by atoms with van der Waals surface area (Å²) >= 11 is 1.43. The highest BCUT2D eigenvalue weighted by atomic mass is 32.2. The van der Waals surface area contributed by atoms with Gasteiger partial charge in [0, 0.05) is 4.90 Å². The molecule has 1 unspecified atom stereocenters. The smallest absolute Gasteiger partial charge is 0.334 e. The number of amides is 2. The van der Waals surface area contributed by atoms with Gasteiger partial charge in [-0.3, -0.25) is 9.59 Å². The Kier molecular flexibility index (Phi) is 5.51. The summed E-state index contributed by atoms with van der Waals surface area (Å²) in [6.45, 7) is 1.48. The minimum atomic E-state index is -1.54. The predicted octanol–water partition coefficient (Wildman–Crippen LogP) is 2.63. The first kappa shape index (κ1) is 19.0. The minimum absolute atomic E-state index is 0.175. The van der Waals surface area contributed by atoms with Gasteiger partial charge in [-0.05, 0) is 24.1 Å². The molecule has 2 aromatic rings. The van der Waals surface area contributed by atoms with Crippen molar-refractivity contribution in [3.8, 4) is 0 Å². The third kappa shape index (κ3) is 3.68. The molecule has 1 aliphatic heterocycles. The molecule has 6 nitrogen and oxygen atoms in total. The third-order valence-electron chi connectivity index (χ3n) is 4.62. The Bertz CT molecular complexity index is 871. The first-order valence-corrected chi connectivity index (χ1v) is 9.58. The number of carboxylic acid groups (broad SMARTS) is 1. The average molecular weight is 384 g/mol. The zero-order valence-corrected chi connectivity index (χ0v) is 15.7. The fraction of sp³-hybridized carbons (Fsp3) is 0.250. The van der Waals surface area contributed by atoms with Gasteiger partial charge in [0.15, 0.2) is 5.54 Å². The first-order chi connectivity index (χ1) is 13.0. The molecule has 140 valence electrons. The highest BCUT2D eigenvalue weighted by molar-refractivity contribution is 8.00. The van der Waals surface area contributed by atoms with Crippen LogP contribution < -0.4 is 10.2 Å². The molecule has 7 heteroatoms. The Morgan fingerprint density at radius 3 is 2.48 bits per heavy atom. The van der Waals surface area contributed by atoms with Gasteiger partial charge in [0.1, 0.15) is 6.54 Å². The standard InChI is InChI=1S/C20H20N2O4S/c1-2-20(19(25)26,14-8-4-3-5-9-14)21-17(23)12-22-15-10-6-7-11-16(15)27-13-18(22)24/h3-11H,2,12-13H2,1H3,(H,21,23)(H,25,26). The molecule has 0 aromatic heterocycles. The summed E-state index contributed by atoms with van der Waals surface area (Å²) in [6.07, 6.45) is 0.179. The van der Waals surface area contributed by atoms with Crippen molar-refractivity contribution in [2.45, 2.75) is 23.8 Å². The number of para-hydroxylation sites is 1. The Morgan fingerprint density at radius 1 is 1.15 bits per heavy atom. The lowest BCUT2D eigenvalue weighted by molar-refractivity contribution is -0.148. The van der Waals surface area contributed by atoms with E-state index in [4.69, 9.17) is 0 Å². The molecule has 0 bridgehead atoms. The molecule has 2 amide bonds. The van der Waals surface area contributed by atoms with Crippen LogP contribution in [0.1, 0.15) is 18.9 Å². The van der Waals surface area contributed by atoms with Crippen molar-refractivity contribution in [2.75, 3.05) is 17.2 Å². The minimum Gasteiger partial charge on any atom is -0.479 e. The second-order valence-corrected chi connectivity index (χ2v) is 7.23. The van der Waals surface area contributed by atoms with E-state index in [-0.39, 0.29) is 24.6 Å². The lowest BCUT2D eigenvalue weighted by Gasteiger charge is -2.33. The number of hydrogen-bond donors (Lipinski definition) is 2. The Labute approximate surface area is 161 Å². The molecule has 2 N–H and O–H groups in total. The molecule has 0 saturated carbocycles. The number of fused-ring (bicyclic) bond motifs is 1. The fourth-order valence-electron chi connectivity index (χ4n) is 3.16. The number of anilines is 1. The highest BCUT2D eigenvalue weighted by Gasteiger charge is 2.40. The lowest BCUT2D eigenvalue weighted by Crippen LogP contribution is -2.54. The van der Waals surface area contributed by atoms with E-state index in [9.17, 15) is 19.5 Å². The number of thioether (sulfide) groups is 1. The van der Waals surface area contributed by atoms with Gasteiger partial charge in [-0.25, -0.2) is 4.79 Å². The monoisotopic (exact) mass is 384 g/mol. The number of carboxylic acids is 1. The van der Waals surface area contributed by atoms with Crippen molar-refractivity contribution in [3.63, 3.8) is 0 Å². The number of nitrogens with one attached hydrogen (secondary N) is 1. The molecule has 0 radical (unpaired) electrons. The molecule has 0 spiro atoms. The van der Waals surface area contributed by atoms with Crippen LogP contribution in [-0.4, -0.2) is 35.2 Å². The summed E-state index contributed by atoms with van der Waals surface area (Å²) in [6, 6.07) is 16.0. The Morgan fingerprint density at radius 2 is 1.81 bits per heavy atom. The Balaban J connectivity index is 1.85. The van der Waals surface area contributed by atoms with Gasteiger partial charge in [0.05, 0.1) is 11.4 Å². The van der Waals surface area contributed by atoms with Crippen LogP contribution in [0.15, 0.2) is 59.5 Å². The topological polar surface area (TPSA) is 86.7 Å². The van der Waals surface area contributed by atoms with Crippen LogP contribution in [0.5, 0.6) is 0 Å². The van der Waals surface area contributed by atoms with Crippen molar-refractivity contribution < 1.29 is 19.5 Å². The molecule has 3 rings (SSSR count). The van der Waals surface area contributed by atoms with E-state index in [1.807, 2.05) is 12.1 Å². The van der Waals surface area contributed by atoms with Gasteiger partial charge in [0.25, 0.3) is 0 Å². The third-order valence-corrected chi connectivity index (χ3v) is 5.67. The van der Waals surface area contributed by atoms with E-state index in [0.29, 0.717) is 11.3 Å². The molecule has 2 aromatic carbocycles. The molecular formula is C20H20N2O4S. The van der Waals surface area contributed by atoms with Crippen LogP contribution in [0.4, 0.5) is 5.69 Å². The van der Waals surface area contributed by atoms with Crippen molar-refractivity contribution >= 4 is 35.2 Å². The van der Waals surface area contributed by atoms with E-state index < -0.39 is 17.4 Å². The quantitative estimate of drug-likeness (QED) is 0.800. The van der Waals surface area contributed by atoms with Gasteiger partial charge in [0.2, 0.25) is 11.8 Å². The molecule has 0 saturated heterocycles. The molecule has 1 aliphatic rings. The summed E-state index contributed by atoms with van der Waals surface area (Å²) in [7, 11) is 0. The number of carbonyl (C=O) groups excluding carboxylic acids is 2. The van der Waals surface area contributed by atoms with Crippen molar-refractivity contribution in [1.82, 2.24) is 5.32 Å². The molecule has 0 aliphatic carbocycles. The van der Waals surface area contributed by atoms with E-state index in [1.54, 1.807) is 49.4 Å². The number of benzene rings is 2. The molecule has 1 atom stereocenters. The van der Waals surface area contributed by atoms with Crippen molar-refractivity contribution in [1.29, 1.82) is 0 Å². The van der Waals surface area contributed by atoms with Crippen LogP contribution in [0, 0.1) is 0 Å². The second kappa shape index (κ2) is 7.84. The average Bonchev–Trinajstić information content (AvgIpc) is 2.69. The number of carbonyl (C=O) groups is 3. The number of hydrogen-bond acceptors (Lipinski definition) is 4. The zero-order valence-electron chi connectivity index (χ0n) is 14.8. The summed E-state index contributed by atoms with van der Waals surface area (Å²) in [5.74, 6) is -1.57. The van der Waals surface area contributed by atoms with Crippen LogP contribution >= 0.6 is 11.8 Å². The summed E-state index contributed by atoms with van der Waals surface area (Å²) in [4.78, 5) is 39.5. The summed E-state index contributed by atoms with van der Waals surface area (Å²) in [5.41, 5.74) is -0.369. The maximum atomic E-state index is 12.7. The molecule has 1 heterocycles. The van der Waals surface area contributed by atoms with E-state index in [0.717, 1.165) is 4.90 Å². The first-order valence-electron chi connectivity index (χ1n) is 8.60. The van der Waals surface area contributed by atoms with Crippen LogP contribution in [0.25, 0.3) is 0 Å². The predicted molar refractivity (Wildman–Crippen MR) is 104 cm³/mol. The highest BCUT2D eigenvalue weighted by Crippen LogP contribution is 2.35. The van der Waals surface area contributed by atoms with E-state index in [2.05, 4.69) is 5.32 Å². The largest absolute Gasteiger partial charge is 0.479 e. The van der Waals surface area contributed by atoms with Gasteiger partial charge in [-0.2, -0.15) is 0 Å². The van der Waals surface area contributed by atoms with Gasteiger partial charge in [-0.1, -0.05) is 49.4 Å². The number of nitrogens with zero attached hydrogens (tertiary/aromatic N) is 1. The van der Waals surface area contributed by atoms with Gasteiger partial charge >= 0.3 is 5.97 Å². The van der Waals surface area contributed by atoms with Crippen molar-refractivity contribution in [2.24, 2.45) is 0 Å². The van der Waals surface area contributed by atoms with E-state index >= 15 is 0 Å². The molecule has 0 fully saturated rings. The van der Waals surface area contributed by atoms with Crippen LogP contribution in [0.2, 0.25) is 0 Å². The molecular weight excluding hydrogens is 364 g/mol. The van der Waals surface area contributed by atoms with Crippen molar-refractivity contribution in [3.05, 3.63) is 60.2 Å². The number of rotatable bonds is 6. The van der Waals surface area contributed by atoms with E-state index in [1.165, 1.54) is 16.7 Å². The maximum Gasteiger partial charge on any atom is 0.334 e. The van der Waals surface area contributed by atoms with Gasteiger partial charge in [-0.15, -0.1) is 11.8 Å². The summed E-state index contributed by atoms with van der Waals surface area (Å²) in [5, 5.41) is 12.5. The zero-order chi connectivity index (χ0) is 19.4. The van der Waals surface area contributed by atoms with Crippen LogP contribution in [-0.2, 0) is 19.9 Å². The normalized spacial score (nSPS) is 15.6. The maximum absolute atomic E-state index is 12.7. The van der Waals surface area contributed by atoms with Crippen LogP contribution in [0.3, 0.4) is 0 Å². The fourth-order valence-corrected chi connectivity index (χ4v) is 4.10. The molecule has 27 heavy (non-hydrogen) atoms. The lowest BCUT2D eigenvalue weighted by atomic mass is 9.87. The SMILES string of the molecule is CCC(NC(=O)CN1C(=O)CSc2ccccc21)(C(=O)O)c1ccccc1. The second-order valence-electron chi connectivity index (χ2n) is 6.21. The number of aliphatic carboxylic acids is 1. The van der Waals surface area contributed by atoms with Gasteiger partial charge < -0.3 is 15.3 Å². The summed E-state index contributed by atoms with van der Waals surface area (Å²) < 4.78 is 0.